The van der Waals surface area contributed by atoms with E-state index in [1.54, 1.807) is 0 Å². The number of fused-ring (bicyclic) bond motifs is 1. The number of aldehydes is 1. The molecule has 0 radical (unpaired) electrons. The molecule has 2 rings (SSSR count). The molecule has 1 aliphatic carbocycles. The predicted molar refractivity (Wildman–Crippen MR) is 86.2 cm³/mol. The van der Waals surface area contributed by atoms with E-state index < -0.39 is 0 Å². The summed E-state index contributed by atoms with van der Waals surface area (Å²) in [4.78, 5) is 13.9. The van der Waals surface area contributed by atoms with Crippen LogP contribution in [0.4, 0.5) is 0 Å². The Balaban J connectivity index is 2.43. The number of hydrogen-bond donors (Lipinski definition) is 0. The first-order valence-corrected chi connectivity index (χ1v) is 8.62. The molecule has 1 aliphatic heterocycles. The summed E-state index contributed by atoms with van der Waals surface area (Å²) in [7, 11) is 4.17. The smallest absolute Gasteiger partial charge is 0.133 e. The van der Waals surface area contributed by atoms with Gasteiger partial charge in [0.25, 0.3) is 0 Å². The molecule has 0 spiro atoms. The van der Waals surface area contributed by atoms with Crippen LogP contribution in [0.5, 0.6) is 0 Å². The Labute approximate surface area is 129 Å². The third-order valence-electron chi connectivity index (χ3n) is 5.09. The third-order valence-corrected chi connectivity index (χ3v) is 5.09. The molecule has 0 aromatic carbocycles. The van der Waals surface area contributed by atoms with E-state index in [1.165, 1.54) is 24.0 Å². The predicted octanol–water partition coefficient (Wildman–Crippen LogP) is 3.93. The lowest BCUT2D eigenvalue weighted by Crippen LogP contribution is -2.45. The van der Waals surface area contributed by atoms with Gasteiger partial charge in [-0.05, 0) is 63.8 Å². The number of nitrogens with zero attached hydrogens (tertiary/aromatic N) is 1. The van der Waals surface area contributed by atoms with Crippen LogP contribution in [0.15, 0.2) is 11.1 Å². The van der Waals surface area contributed by atoms with Gasteiger partial charge in [0.15, 0.2) is 0 Å². The van der Waals surface area contributed by atoms with E-state index in [2.05, 4.69) is 32.8 Å². The highest BCUT2D eigenvalue weighted by atomic mass is 16.5. The van der Waals surface area contributed by atoms with Gasteiger partial charge in [0.05, 0.1) is 0 Å². The van der Waals surface area contributed by atoms with Crippen LogP contribution in [0, 0.1) is 5.92 Å². The van der Waals surface area contributed by atoms with E-state index in [1.807, 2.05) is 0 Å². The molecular weight excluding hydrogens is 262 g/mol. The van der Waals surface area contributed by atoms with Crippen molar-refractivity contribution in [3.8, 4) is 0 Å². The first-order chi connectivity index (χ1) is 10.1. The standard InChI is InChI=1S/C18H31NO2/c1-5-9-14(13-20)18-12-8-7-11-16(18)15(10-6-2)17(21-18)19(3)4/h13-14,17H,5-12H2,1-4H3. The Hall–Kier alpha value is -0.670. The van der Waals surface area contributed by atoms with Gasteiger partial charge in [0.2, 0.25) is 0 Å². The number of rotatable bonds is 7. The molecule has 3 heteroatoms. The van der Waals surface area contributed by atoms with E-state index >= 15 is 0 Å². The fraction of sp³-hybridized carbons (Fsp3) is 0.833. The Kier molecular flexibility index (Phi) is 5.61. The molecule has 1 saturated carbocycles. The highest BCUT2D eigenvalue weighted by molar-refractivity contribution is 5.59. The van der Waals surface area contributed by atoms with Crippen molar-refractivity contribution in [3.05, 3.63) is 11.1 Å². The first kappa shape index (κ1) is 16.7. The zero-order chi connectivity index (χ0) is 15.5. The van der Waals surface area contributed by atoms with Crippen LogP contribution in [0.3, 0.4) is 0 Å². The molecule has 0 bridgehead atoms. The lowest BCUT2D eigenvalue weighted by Gasteiger charge is -2.41. The van der Waals surface area contributed by atoms with Crippen LogP contribution in [-0.4, -0.2) is 37.1 Å². The molecule has 1 heterocycles. The first-order valence-electron chi connectivity index (χ1n) is 8.62. The largest absolute Gasteiger partial charge is 0.348 e. The summed E-state index contributed by atoms with van der Waals surface area (Å²) >= 11 is 0. The van der Waals surface area contributed by atoms with Crippen LogP contribution in [-0.2, 0) is 9.53 Å². The van der Waals surface area contributed by atoms with Crippen molar-refractivity contribution in [1.82, 2.24) is 4.90 Å². The van der Waals surface area contributed by atoms with Crippen LogP contribution in [0.2, 0.25) is 0 Å². The van der Waals surface area contributed by atoms with Crippen molar-refractivity contribution in [2.24, 2.45) is 5.92 Å². The molecule has 2 aliphatic rings. The van der Waals surface area contributed by atoms with E-state index in [4.69, 9.17) is 4.74 Å². The van der Waals surface area contributed by atoms with Crippen molar-refractivity contribution in [2.45, 2.75) is 77.0 Å². The zero-order valence-electron chi connectivity index (χ0n) is 14.2. The number of hydrogen-bond acceptors (Lipinski definition) is 3. The minimum atomic E-state index is -0.296. The summed E-state index contributed by atoms with van der Waals surface area (Å²) in [5, 5.41) is 0. The maximum atomic E-state index is 11.8. The zero-order valence-corrected chi connectivity index (χ0v) is 14.2. The summed E-state index contributed by atoms with van der Waals surface area (Å²) < 4.78 is 6.61. The minimum Gasteiger partial charge on any atom is -0.348 e. The Morgan fingerprint density at radius 1 is 1.33 bits per heavy atom. The van der Waals surface area contributed by atoms with Crippen molar-refractivity contribution in [1.29, 1.82) is 0 Å². The monoisotopic (exact) mass is 293 g/mol. The maximum Gasteiger partial charge on any atom is 0.133 e. The van der Waals surface area contributed by atoms with Crippen LogP contribution in [0.1, 0.15) is 65.2 Å². The molecule has 21 heavy (non-hydrogen) atoms. The SMILES string of the molecule is CCCC1=C2CCCCC2(C(C=O)CCC)OC1N(C)C. The summed E-state index contributed by atoms with van der Waals surface area (Å²) in [6.07, 6.45) is 10.00. The number of likely N-dealkylation sites (N-methyl/N-ethyl adjacent to an activating group) is 1. The van der Waals surface area contributed by atoms with E-state index in [9.17, 15) is 4.79 Å². The molecule has 3 unspecified atom stereocenters. The van der Waals surface area contributed by atoms with Gasteiger partial charge >= 0.3 is 0 Å². The van der Waals surface area contributed by atoms with Gasteiger partial charge < -0.3 is 9.53 Å². The normalized spacial score (nSPS) is 30.6. The topological polar surface area (TPSA) is 29.5 Å². The number of ether oxygens (including phenoxy) is 1. The Morgan fingerprint density at radius 2 is 2.10 bits per heavy atom. The van der Waals surface area contributed by atoms with Crippen LogP contribution in [0.25, 0.3) is 0 Å². The lowest BCUT2D eigenvalue weighted by molar-refractivity contribution is -0.140. The van der Waals surface area contributed by atoms with E-state index in [0.717, 1.165) is 44.8 Å². The van der Waals surface area contributed by atoms with Gasteiger partial charge in [0.1, 0.15) is 18.1 Å². The summed E-state index contributed by atoms with van der Waals surface area (Å²) in [6.45, 7) is 4.39. The Morgan fingerprint density at radius 3 is 2.67 bits per heavy atom. The van der Waals surface area contributed by atoms with Crippen molar-refractivity contribution in [3.63, 3.8) is 0 Å². The second kappa shape index (κ2) is 7.06. The molecule has 0 aromatic rings. The maximum absolute atomic E-state index is 11.8. The van der Waals surface area contributed by atoms with Crippen molar-refractivity contribution < 1.29 is 9.53 Å². The molecule has 120 valence electrons. The van der Waals surface area contributed by atoms with Crippen molar-refractivity contribution >= 4 is 6.29 Å². The van der Waals surface area contributed by atoms with Gasteiger partial charge in [-0.2, -0.15) is 0 Å². The molecule has 3 atom stereocenters. The second-order valence-corrected chi connectivity index (χ2v) is 6.82. The van der Waals surface area contributed by atoms with Gasteiger partial charge in [-0.15, -0.1) is 0 Å². The van der Waals surface area contributed by atoms with Gasteiger partial charge in [0, 0.05) is 5.92 Å². The van der Waals surface area contributed by atoms with Gasteiger partial charge in [-0.3, -0.25) is 4.90 Å². The third kappa shape index (κ3) is 2.95. The number of carbonyl (C=O) groups is 1. The van der Waals surface area contributed by atoms with E-state index in [-0.39, 0.29) is 17.7 Å². The summed E-state index contributed by atoms with van der Waals surface area (Å²) in [5.74, 6) is 0.0228. The highest BCUT2D eigenvalue weighted by Gasteiger charge is 2.52. The quantitative estimate of drug-likeness (QED) is 0.526. The average molecular weight is 293 g/mol. The van der Waals surface area contributed by atoms with Gasteiger partial charge in [-0.25, -0.2) is 0 Å². The fourth-order valence-corrected chi connectivity index (χ4v) is 4.21. The van der Waals surface area contributed by atoms with Crippen LogP contribution < -0.4 is 0 Å². The van der Waals surface area contributed by atoms with Crippen molar-refractivity contribution in [2.75, 3.05) is 14.1 Å². The minimum absolute atomic E-state index is 0.0228. The second-order valence-electron chi connectivity index (χ2n) is 6.82. The molecule has 0 amide bonds. The molecule has 0 saturated heterocycles. The lowest BCUT2D eigenvalue weighted by atomic mass is 9.70. The molecule has 3 nitrogen and oxygen atoms in total. The molecule has 1 fully saturated rings. The number of carbonyl (C=O) groups excluding carboxylic acids is 1. The molecular formula is C18H31NO2. The average Bonchev–Trinajstić information content (AvgIpc) is 2.81. The molecule has 0 aromatic heterocycles. The Bertz CT molecular complexity index is 402. The van der Waals surface area contributed by atoms with Gasteiger partial charge in [-0.1, -0.05) is 26.7 Å². The van der Waals surface area contributed by atoms with Crippen LogP contribution >= 0.6 is 0 Å². The summed E-state index contributed by atoms with van der Waals surface area (Å²) in [6, 6.07) is 0. The van der Waals surface area contributed by atoms with E-state index in [0.29, 0.717) is 0 Å². The highest BCUT2D eigenvalue weighted by Crippen LogP contribution is 2.51. The fourth-order valence-electron chi connectivity index (χ4n) is 4.21. The molecule has 0 N–H and O–H groups in total. The summed E-state index contributed by atoms with van der Waals surface area (Å²) in [5.41, 5.74) is 2.64.